The maximum Gasteiger partial charge on any atom is 0.336 e. The SMILES string of the molecule is C[C@H](Oc1ccc2ccc(=O)oc2c1)C(=O)[O-]. The van der Waals surface area contributed by atoms with Gasteiger partial charge in [0, 0.05) is 17.5 Å². The molecule has 0 spiro atoms. The zero-order valence-electron chi connectivity index (χ0n) is 9.01. The van der Waals surface area contributed by atoms with Crippen LogP contribution in [0, 0.1) is 0 Å². The quantitative estimate of drug-likeness (QED) is 0.713. The van der Waals surface area contributed by atoms with Crippen molar-refractivity contribution in [2.45, 2.75) is 13.0 Å². The number of benzene rings is 1. The van der Waals surface area contributed by atoms with Crippen LogP contribution in [0.5, 0.6) is 5.75 Å². The minimum Gasteiger partial charge on any atom is -0.546 e. The van der Waals surface area contributed by atoms with E-state index in [4.69, 9.17) is 9.15 Å². The molecule has 0 aliphatic rings. The van der Waals surface area contributed by atoms with Crippen LogP contribution < -0.4 is 15.5 Å². The Hall–Kier alpha value is -2.30. The van der Waals surface area contributed by atoms with Gasteiger partial charge >= 0.3 is 5.63 Å². The first-order chi connectivity index (χ1) is 8.06. The van der Waals surface area contributed by atoms with Gasteiger partial charge in [0.05, 0.1) is 5.97 Å². The van der Waals surface area contributed by atoms with Crippen LogP contribution >= 0.6 is 0 Å². The lowest BCUT2D eigenvalue weighted by molar-refractivity contribution is -0.312. The molecule has 0 saturated heterocycles. The number of carbonyl (C=O) groups is 1. The number of fused-ring (bicyclic) bond motifs is 1. The van der Waals surface area contributed by atoms with E-state index < -0.39 is 17.7 Å². The Morgan fingerprint density at radius 3 is 2.76 bits per heavy atom. The van der Waals surface area contributed by atoms with E-state index in [1.54, 1.807) is 18.2 Å². The van der Waals surface area contributed by atoms with Crippen LogP contribution in [-0.4, -0.2) is 12.1 Å². The molecule has 0 N–H and O–H groups in total. The van der Waals surface area contributed by atoms with Gasteiger partial charge in [-0.25, -0.2) is 4.79 Å². The zero-order valence-corrected chi connectivity index (χ0v) is 9.01. The van der Waals surface area contributed by atoms with Crippen molar-refractivity contribution in [3.05, 3.63) is 40.8 Å². The Bertz CT molecular complexity index is 614. The highest BCUT2D eigenvalue weighted by atomic mass is 16.5. The molecule has 0 aliphatic carbocycles. The third kappa shape index (κ3) is 2.44. The molecule has 88 valence electrons. The molecule has 5 heteroatoms. The lowest BCUT2D eigenvalue weighted by Crippen LogP contribution is -2.37. The highest BCUT2D eigenvalue weighted by Gasteiger charge is 2.06. The van der Waals surface area contributed by atoms with Gasteiger partial charge in [0.1, 0.15) is 17.4 Å². The standard InChI is InChI=1S/C12H10O5/c1-7(12(14)15)16-9-4-2-8-3-5-11(13)17-10(8)6-9/h2-7H,1H3,(H,14,15)/p-1/t7-/m0/s1. The number of aliphatic carboxylic acids is 1. The van der Waals surface area contributed by atoms with E-state index in [9.17, 15) is 14.7 Å². The average Bonchev–Trinajstić information content (AvgIpc) is 2.28. The van der Waals surface area contributed by atoms with Gasteiger partial charge in [-0.05, 0) is 25.1 Å². The highest BCUT2D eigenvalue weighted by molar-refractivity contribution is 5.78. The molecule has 17 heavy (non-hydrogen) atoms. The first-order valence-electron chi connectivity index (χ1n) is 4.98. The molecule has 5 nitrogen and oxygen atoms in total. The van der Waals surface area contributed by atoms with Crippen LogP contribution in [0.1, 0.15) is 6.92 Å². The molecule has 1 aromatic carbocycles. The van der Waals surface area contributed by atoms with Gasteiger partial charge in [-0.2, -0.15) is 0 Å². The Morgan fingerprint density at radius 1 is 1.35 bits per heavy atom. The fraction of sp³-hybridized carbons (Fsp3) is 0.167. The summed E-state index contributed by atoms with van der Waals surface area (Å²) in [6.45, 7) is 1.36. The molecule has 1 heterocycles. The molecule has 1 aromatic heterocycles. The maximum absolute atomic E-state index is 11.0. The smallest absolute Gasteiger partial charge is 0.336 e. The molecule has 0 aliphatic heterocycles. The van der Waals surface area contributed by atoms with Crippen molar-refractivity contribution >= 4 is 16.9 Å². The van der Waals surface area contributed by atoms with Gasteiger partial charge in [0.2, 0.25) is 0 Å². The number of carbonyl (C=O) groups excluding carboxylic acids is 1. The van der Waals surface area contributed by atoms with E-state index >= 15 is 0 Å². The van der Waals surface area contributed by atoms with E-state index in [0.717, 1.165) is 5.39 Å². The van der Waals surface area contributed by atoms with Gasteiger partial charge < -0.3 is 19.1 Å². The summed E-state index contributed by atoms with van der Waals surface area (Å²) in [6, 6.07) is 7.67. The second-order valence-corrected chi connectivity index (χ2v) is 3.53. The maximum atomic E-state index is 11.0. The monoisotopic (exact) mass is 233 g/mol. The lowest BCUT2D eigenvalue weighted by Gasteiger charge is -2.15. The van der Waals surface area contributed by atoms with Crippen molar-refractivity contribution in [3.8, 4) is 5.75 Å². The Kier molecular flexibility index (Phi) is 2.82. The summed E-state index contributed by atoms with van der Waals surface area (Å²) in [5.41, 5.74) is -0.122. The predicted molar refractivity (Wildman–Crippen MR) is 57.6 cm³/mol. The Labute approximate surface area is 96.2 Å². The molecule has 2 rings (SSSR count). The second-order valence-electron chi connectivity index (χ2n) is 3.53. The normalized spacial score (nSPS) is 12.3. The minimum absolute atomic E-state index is 0.309. The van der Waals surface area contributed by atoms with E-state index in [-0.39, 0.29) is 0 Å². The van der Waals surface area contributed by atoms with E-state index in [1.807, 2.05) is 0 Å². The van der Waals surface area contributed by atoms with Gasteiger partial charge in [-0.3, -0.25) is 0 Å². The Morgan fingerprint density at radius 2 is 2.06 bits per heavy atom. The van der Waals surface area contributed by atoms with Crippen LogP contribution in [0.15, 0.2) is 39.5 Å². The molecule has 2 aromatic rings. The average molecular weight is 233 g/mol. The fourth-order valence-electron chi connectivity index (χ4n) is 1.37. The van der Waals surface area contributed by atoms with Crippen LogP contribution in [0.3, 0.4) is 0 Å². The topological polar surface area (TPSA) is 79.6 Å². The summed E-state index contributed by atoms with van der Waals surface area (Å²) in [6.07, 6.45) is -1.07. The largest absolute Gasteiger partial charge is 0.546 e. The number of hydrogen-bond acceptors (Lipinski definition) is 5. The highest BCUT2D eigenvalue weighted by Crippen LogP contribution is 2.20. The molecule has 0 unspecified atom stereocenters. The van der Waals surface area contributed by atoms with E-state index in [1.165, 1.54) is 19.1 Å². The fourth-order valence-corrected chi connectivity index (χ4v) is 1.37. The number of carboxylic acid groups (broad SMARTS) is 1. The molecular formula is C12H9O5-. The van der Waals surface area contributed by atoms with Crippen LogP contribution in [-0.2, 0) is 4.79 Å². The van der Waals surface area contributed by atoms with Crippen LogP contribution in [0.25, 0.3) is 11.0 Å². The van der Waals surface area contributed by atoms with Crippen molar-refractivity contribution in [2.75, 3.05) is 0 Å². The van der Waals surface area contributed by atoms with Crippen molar-refractivity contribution in [1.29, 1.82) is 0 Å². The van der Waals surface area contributed by atoms with Gasteiger partial charge in [-0.1, -0.05) is 0 Å². The summed E-state index contributed by atoms with van der Waals surface area (Å²) >= 11 is 0. The zero-order chi connectivity index (χ0) is 12.4. The van der Waals surface area contributed by atoms with Crippen LogP contribution in [0.2, 0.25) is 0 Å². The third-order valence-electron chi connectivity index (χ3n) is 2.24. The molecular weight excluding hydrogens is 224 g/mol. The number of hydrogen-bond donors (Lipinski definition) is 0. The lowest BCUT2D eigenvalue weighted by atomic mass is 10.2. The summed E-state index contributed by atoms with van der Waals surface area (Å²) in [5, 5.41) is 11.2. The van der Waals surface area contributed by atoms with Crippen molar-refractivity contribution < 1.29 is 19.1 Å². The molecule has 0 radical (unpaired) electrons. The molecule has 0 saturated carbocycles. The van der Waals surface area contributed by atoms with Gasteiger partial charge in [0.15, 0.2) is 0 Å². The van der Waals surface area contributed by atoms with Crippen molar-refractivity contribution in [1.82, 2.24) is 0 Å². The Balaban J connectivity index is 2.37. The minimum atomic E-state index is -1.31. The molecule has 0 fully saturated rings. The number of carboxylic acids is 1. The molecule has 0 amide bonds. The second kappa shape index (κ2) is 4.29. The first kappa shape index (κ1) is 11.2. The first-order valence-corrected chi connectivity index (χ1v) is 4.98. The molecule has 0 bridgehead atoms. The van der Waals surface area contributed by atoms with E-state index in [2.05, 4.69) is 0 Å². The van der Waals surface area contributed by atoms with Crippen LogP contribution in [0.4, 0.5) is 0 Å². The summed E-state index contributed by atoms with van der Waals surface area (Å²) in [7, 11) is 0. The predicted octanol–water partition coefficient (Wildman–Crippen LogP) is 0.310. The van der Waals surface area contributed by atoms with E-state index in [0.29, 0.717) is 11.3 Å². The van der Waals surface area contributed by atoms with Crippen molar-refractivity contribution in [2.24, 2.45) is 0 Å². The number of rotatable bonds is 3. The third-order valence-corrected chi connectivity index (χ3v) is 2.24. The molecule has 1 atom stereocenters. The summed E-state index contributed by atoms with van der Waals surface area (Å²) in [4.78, 5) is 21.5. The van der Waals surface area contributed by atoms with Crippen molar-refractivity contribution in [3.63, 3.8) is 0 Å². The summed E-state index contributed by atoms with van der Waals surface area (Å²) in [5.74, 6) is -0.997. The van der Waals surface area contributed by atoms with Gasteiger partial charge in [-0.15, -0.1) is 0 Å². The van der Waals surface area contributed by atoms with Gasteiger partial charge in [0.25, 0.3) is 0 Å². The summed E-state index contributed by atoms with van der Waals surface area (Å²) < 4.78 is 10.0. The number of ether oxygens (including phenoxy) is 1.